The van der Waals surface area contributed by atoms with Gasteiger partial charge in [-0.15, -0.1) is 0 Å². The number of nitrogens with one attached hydrogen (secondary N) is 1. The van der Waals surface area contributed by atoms with Crippen molar-refractivity contribution in [2.75, 3.05) is 5.32 Å². The Labute approximate surface area is 110 Å². The Morgan fingerprint density at radius 1 is 1.53 bits per heavy atom. The quantitative estimate of drug-likeness (QED) is 0.867. The van der Waals surface area contributed by atoms with Crippen molar-refractivity contribution >= 4 is 22.7 Å². The molecule has 0 radical (unpaired) electrons. The number of hydrogen-bond donors (Lipinski definition) is 2. The molecule has 0 bridgehead atoms. The number of anilines is 1. The van der Waals surface area contributed by atoms with Gasteiger partial charge in [0.1, 0.15) is 0 Å². The van der Waals surface area contributed by atoms with Gasteiger partial charge in [-0.3, -0.25) is 9.36 Å². The smallest absolute Gasteiger partial charge is 0.408 e. The number of fused-ring (bicyclic) bond motifs is 1. The van der Waals surface area contributed by atoms with Crippen molar-refractivity contribution in [1.82, 2.24) is 4.57 Å². The van der Waals surface area contributed by atoms with E-state index in [-0.39, 0.29) is 5.91 Å². The van der Waals surface area contributed by atoms with Crippen LogP contribution in [0.15, 0.2) is 27.4 Å². The fraction of sp³-hybridized carbons (Fsp3) is 0.385. The third kappa shape index (κ3) is 2.68. The van der Waals surface area contributed by atoms with Crippen molar-refractivity contribution in [2.45, 2.75) is 25.8 Å². The summed E-state index contributed by atoms with van der Waals surface area (Å²) < 4.78 is 6.40. The van der Waals surface area contributed by atoms with E-state index in [1.54, 1.807) is 25.2 Å². The molecule has 0 aliphatic heterocycles. The molecule has 1 unspecified atom stereocenters. The number of amides is 1. The topological polar surface area (TPSA) is 90.3 Å². The molecule has 0 spiro atoms. The van der Waals surface area contributed by atoms with Gasteiger partial charge in [0.05, 0.1) is 11.6 Å². The highest BCUT2D eigenvalue weighted by Crippen LogP contribution is 2.18. The van der Waals surface area contributed by atoms with E-state index in [0.717, 1.165) is 6.42 Å². The second-order valence-electron chi connectivity index (χ2n) is 4.49. The lowest BCUT2D eigenvalue weighted by atomic mass is 10.1. The first-order valence-electron chi connectivity index (χ1n) is 6.19. The molecule has 0 fully saturated rings. The lowest BCUT2D eigenvalue weighted by Crippen LogP contribution is -2.35. The van der Waals surface area contributed by atoms with Crippen LogP contribution in [0.2, 0.25) is 0 Å². The van der Waals surface area contributed by atoms with E-state index in [9.17, 15) is 9.59 Å². The molecule has 2 aromatic rings. The van der Waals surface area contributed by atoms with Crippen LogP contribution in [0.25, 0.3) is 11.1 Å². The summed E-state index contributed by atoms with van der Waals surface area (Å²) >= 11 is 0. The van der Waals surface area contributed by atoms with Gasteiger partial charge in [0.25, 0.3) is 0 Å². The third-order valence-corrected chi connectivity index (χ3v) is 3.00. The van der Waals surface area contributed by atoms with Gasteiger partial charge in [-0.1, -0.05) is 13.3 Å². The van der Waals surface area contributed by atoms with E-state index in [2.05, 4.69) is 5.32 Å². The van der Waals surface area contributed by atoms with Gasteiger partial charge < -0.3 is 15.5 Å². The highest BCUT2D eigenvalue weighted by Gasteiger charge is 2.13. The summed E-state index contributed by atoms with van der Waals surface area (Å²) in [5.41, 5.74) is 7.45. The van der Waals surface area contributed by atoms with E-state index < -0.39 is 11.8 Å². The molecule has 1 amide bonds. The Morgan fingerprint density at radius 2 is 2.26 bits per heavy atom. The van der Waals surface area contributed by atoms with E-state index in [1.807, 2.05) is 6.92 Å². The number of hydrogen-bond acceptors (Lipinski definition) is 4. The number of aromatic nitrogens is 1. The summed E-state index contributed by atoms with van der Waals surface area (Å²) in [5, 5.41) is 2.73. The first-order chi connectivity index (χ1) is 9.02. The molecule has 1 aromatic carbocycles. The highest BCUT2D eigenvalue weighted by atomic mass is 16.4. The molecule has 3 N–H and O–H groups in total. The fourth-order valence-electron chi connectivity index (χ4n) is 1.88. The van der Waals surface area contributed by atoms with Crippen molar-refractivity contribution < 1.29 is 9.21 Å². The van der Waals surface area contributed by atoms with Crippen LogP contribution in [0.3, 0.4) is 0 Å². The zero-order chi connectivity index (χ0) is 14.0. The van der Waals surface area contributed by atoms with Gasteiger partial charge in [-0.25, -0.2) is 4.79 Å². The average molecular weight is 263 g/mol. The molecule has 1 heterocycles. The summed E-state index contributed by atoms with van der Waals surface area (Å²) in [7, 11) is 1.61. The highest BCUT2D eigenvalue weighted by molar-refractivity contribution is 5.96. The molecule has 19 heavy (non-hydrogen) atoms. The SMILES string of the molecule is CCCC(N)C(=O)Nc1ccc2oc(=O)n(C)c2c1. The summed E-state index contributed by atoms with van der Waals surface area (Å²) in [4.78, 5) is 23.2. The molecule has 0 saturated carbocycles. The summed E-state index contributed by atoms with van der Waals surface area (Å²) in [6, 6.07) is 4.50. The molecule has 102 valence electrons. The number of aryl methyl sites for hydroxylation is 1. The molecule has 0 saturated heterocycles. The molecule has 6 nitrogen and oxygen atoms in total. The third-order valence-electron chi connectivity index (χ3n) is 3.00. The first-order valence-corrected chi connectivity index (χ1v) is 6.19. The molecule has 2 rings (SSSR count). The van der Waals surface area contributed by atoms with Gasteiger partial charge in [-0.2, -0.15) is 0 Å². The van der Waals surface area contributed by atoms with Gasteiger partial charge in [0.2, 0.25) is 5.91 Å². The average Bonchev–Trinajstić information content (AvgIpc) is 2.66. The van der Waals surface area contributed by atoms with Crippen LogP contribution in [0.1, 0.15) is 19.8 Å². The van der Waals surface area contributed by atoms with E-state index in [0.29, 0.717) is 23.2 Å². The number of oxazole rings is 1. The summed E-state index contributed by atoms with van der Waals surface area (Å²) in [5.74, 6) is -0.657. The van der Waals surface area contributed by atoms with Gasteiger partial charge in [0, 0.05) is 12.7 Å². The Kier molecular flexibility index (Phi) is 3.71. The van der Waals surface area contributed by atoms with Crippen molar-refractivity contribution in [3.63, 3.8) is 0 Å². The van der Waals surface area contributed by atoms with Gasteiger partial charge in [-0.05, 0) is 24.6 Å². The number of carbonyl (C=O) groups excluding carboxylic acids is 1. The van der Waals surface area contributed by atoms with Crippen LogP contribution in [0, 0.1) is 0 Å². The molecule has 0 aliphatic carbocycles. The van der Waals surface area contributed by atoms with Crippen LogP contribution >= 0.6 is 0 Å². The number of rotatable bonds is 4. The second kappa shape index (κ2) is 5.27. The van der Waals surface area contributed by atoms with E-state index in [4.69, 9.17) is 10.2 Å². The van der Waals surface area contributed by atoms with Crippen LogP contribution < -0.4 is 16.8 Å². The Bertz CT molecular complexity index is 657. The molecule has 1 aromatic heterocycles. The molecular weight excluding hydrogens is 246 g/mol. The molecular formula is C13H17N3O3. The van der Waals surface area contributed by atoms with E-state index >= 15 is 0 Å². The monoisotopic (exact) mass is 263 g/mol. The Morgan fingerprint density at radius 3 is 2.95 bits per heavy atom. The van der Waals surface area contributed by atoms with Crippen molar-refractivity contribution in [1.29, 1.82) is 0 Å². The number of carbonyl (C=O) groups is 1. The summed E-state index contributed by atoms with van der Waals surface area (Å²) in [6.07, 6.45) is 1.49. The van der Waals surface area contributed by atoms with Crippen LogP contribution in [-0.4, -0.2) is 16.5 Å². The Balaban J connectivity index is 2.24. The maximum absolute atomic E-state index is 11.8. The van der Waals surface area contributed by atoms with Crippen molar-refractivity contribution in [3.8, 4) is 0 Å². The van der Waals surface area contributed by atoms with Crippen LogP contribution in [0.4, 0.5) is 5.69 Å². The van der Waals surface area contributed by atoms with Crippen molar-refractivity contribution in [2.24, 2.45) is 12.8 Å². The predicted molar refractivity (Wildman–Crippen MR) is 73.0 cm³/mol. The zero-order valence-electron chi connectivity index (χ0n) is 11.0. The molecule has 1 atom stereocenters. The lowest BCUT2D eigenvalue weighted by Gasteiger charge is -2.11. The Hall–Kier alpha value is -2.08. The minimum Gasteiger partial charge on any atom is -0.408 e. The number of benzene rings is 1. The number of nitrogens with two attached hydrogens (primary N) is 1. The minimum atomic E-state index is -0.520. The summed E-state index contributed by atoms with van der Waals surface area (Å²) in [6.45, 7) is 1.97. The maximum atomic E-state index is 11.8. The van der Waals surface area contributed by atoms with Crippen LogP contribution in [-0.2, 0) is 11.8 Å². The standard InChI is InChI=1S/C13H17N3O3/c1-3-4-9(14)12(17)15-8-5-6-11-10(7-8)16(2)13(18)19-11/h5-7,9H,3-4,14H2,1-2H3,(H,15,17). The van der Waals surface area contributed by atoms with Gasteiger partial charge >= 0.3 is 5.76 Å². The minimum absolute atomic E-state index is 0.227. The maximum Gasteiger partial charge on any atom is 0.419 e. The number of nitrogens with zero attached hydrogens (tertiary/aromatic N) is 1. The first kappa shape index (κ1) is 13.4. The largest absolute Gasteiger partial charge is 0.419 e. The molecule has 6 heteroatoms. The predicted octanol–water partition coefficient (Wildman–Crippen LogP) is 1.20. The second-order valence-corrected chi connectivity index (χ2v) is 4.49. The zero-order valence-corrected chi connectivity index (χ0v) is 11.0. The molecule has 0 aliphatic rings. The fourth-order valence-corrected chi connectivity index (χ4v) is 1.88. The van der Waals surface area contributed by atoms with Gasteiger partial charge in [0.15, 0.2) is 5.58 Å². The van der Waals surface area contributed by atoms with Crippen LogP contribution in [0.5, 0.6) is 0 Å². The van der Waals surface area contributed by atoms with Crippen molar-refractivity contribution in [3.05, 3.63) is 28.7 Å². The lowest BCUT2D eigenvalue weighted by molar-refractivity contribution is -0.117. The normalized spacial score (nSPS) is 12.6. The van der Waals surface area contributed by atoms with E-state index in [1.165, 1.54) is 4.57 Å².